The molecule has 0 aromatic rings. The zero-order valence-electron chi connectivity index (χ0n) is 14.3. The first-order valence-corrected chi connectivity index (χ1v) is 6.99. The molecule has 0 aromatic heterocycles. The summed E-state index contributed by atoms with van der Waals surface area (Å²) in [6, 6.07) is 0. The molecule has 0 radical (unpaired) electrons. The molecule has 122 valence electrons. The monoisotopic (exact) mass is 292 g/mol. The fourth-order valence-electron chi connectivity index (χ4n) is 2.40. The maximum Gasteiger partial charge on any atom is 0.228 e. The lowest BCUT2D eigenvalue weighted by molar-refractivity contribution is -0.321. The minimum absolute atomic E-state index is 0.0620. The van der Waals surface area contributed by atoms with Crippen LogP contribution in [0.15, 0.2) is 0 Å². The topological polar surface area (TPSA) is 54.4 Å². The van der Waals surface area contributed by atoms with Gasteiger partial charge in [-0.1, -0.05) is 6.92 Å². The van der Waals surface area contributed by atoms with Gasteiger partial charge in [-0.3, -0.25) is 4.84 Å². The zero-order valence-corrected chi connectivity index (χ0v) is 14.3. The van der Waals surface area contributed by atoms with Gasteiger partial charge in [0.2, 0.25) is 5.91 Å². The van der Waals surface area contributed by atoms with E-state index in [1.165, 1.54) is 0 Å². The van der Waals surface area contributed by atoms with Gasteiger partial charge in [-0.25, -0.2) is 4.90 Å². The molecule has 0 aliphatic carbocycles. The zero-order chi connectivity index (χ0) is 16.0. The van der Waals surface area contributed by atoms with E-state index >= 15 is 0 Å². The predicted molar refractivity (Wildman–Crippen MR) is 78.9 cm³/mol. The number of rotatable bonds is 10. The molecule has 0 fully saturated rings. The summed E-state index contributed by atoms with van der Waals surface area (Å²) < 4.78 is 10.8. The van der Waals surface area contributed by atoms with Gasteiger partial charge in [0.1, 0.15) is 6.73 Å². The van der Waals surface area contributed by atoms with E-state index in [1.807, 2.05) is 27.9 Å². The molecule has 0 aromatic carbocycles. The van der Waals surface area contributed by atoms with Crippen LogP contribution >= 0.6 is 0 Å². The van der Waals surface area contributed by atoms with Crippen molar-refractivity contribution in [3.63, 3.8) is 0 Å². The van der Waals surface area contributed by atoms with Crippen LogP contribution in [-0.4, -0.2) is 67.7 Å². The Morgan fingerprint density at radius 2 is 1.60 bits per heavy atom. The summed E-state index contributed by atoms with van der Waals surface area (Å²) in [5, 5.41) is 11.4. The highest BCUT2D eigenvalue weighted by Gasteiger charge is 2.42. The van der Waals surface area contributed by atoms with Crippen molar-refractivity contribution in [3.05, 3.63) is 0 Å². The van der Waals surface area contributed by atoms with Gasteiger partial charge in [0.25, 0.3) is 0 Å². The number of hydroxylamine groups is 2. The second-order valence-electron chi connectivity index (χ2n) is 5.84. The Hall–Kier alpha value is -0.240. The average Bonchev–Trinajstić information content (AvgIpc) is 2.37. The third-order valence-corrected chi connectivity index (χ3v) is 3.66. The predicted octanol–water partition coefficient (Wildman–Crippen LogP) is 1.65. The summed E-state index contributed by atoms with van der Waals surface area (Å²) in [7, 11) is 6.87. The Balaban J connectivity index is 5.05. The van der Waals surface area contributed by atoms with Crippen molar-refractivity contribution in [1.82, 2.24) is 9.96 Å². The Labute approximate surface area is 123 Å². The molecular formula is C14H32N2O4. The summed E-state index contributed by atoms with van der Waals surface area (Å²) in [6.07, 6.45) is 1.69. The number of hydrogen-bond acceptors (Lipinski definition) is 6. The fraction of sp³-hybridized carbons (Fsp3) is 1.00. The fourth-order valence-corrected chi connectivity index (χ4v) is 2.40. The molecule has 1 unspecified atom stereocenters. The number of methoxy groups -OCH3 is 2. The minimum Gasteiger partial charge on any atom is -0.381 e. The normalized spacial score (nSPS) is 15.2. The smallest absolute Gasteiger partial charge is 0.228 e. The van der Waals surface area contributed by atoms with E-state index in [9.17, 15) is 5.11 Å². The third kappa shape index (κ3) is 5.27. The van der Waals surface area contributed by atoms with Crippen LogP contribution in [0.4, 0.5) is 0 Å². The minimum atomic E-state index is -0.978. The lowest BCUT2D eigenvalue weighted by Crippen LogP contribution is -2.60. The Kier molecular flexibility index (Phi) is 8.16. The van der Waals surface area contributed by atoms with Gasteiger partial charge < -0.3 is 14.6 Å². The maximum absolute atomic E-state index is 9.74. The first-order valence-electron chi connectivity index (χ1n) is 6.99. The van der Waals surface area contributed by atoms with Crippen LogP contribution in [-0.2, 0) is 14.3 Å². The van der Waals surface area contributed by atoms with E-state index in [0.29, 0.717) is 0 Å². The molecule has 0 aliphatic heterocycles. The van der Waals surface area contributed by atoms with Gasteiger partial charge in [0.05, 0.1) is 6.10 Å². The lowest BCUT2D eigenvalue weighted by Gasteiger charge is -2.47. The van der Waals surface area contributed by atoms with Crippen LogP contribution in [0.5, 0.6) is 0 Å². The van der Waals surface area contributed by atoms with Crippen LogP contribution in [0.3, 0.4) is 0 Å². The van der Waals surface area contributed by atoms with Crippen LogP contribution in [0.25, 0.3) is 0 Å². The molecule has 0 saturated heterocycles. The molecule has 0 spiro atoms. The molecule has 1 N–H and O–H groups in total. The molecule has 6 heteroatoms. The Bertz CT molecular complexity index is 268. The largest absolute Gasteiger partial charge is 0.381 e. The third-order valence-electron chi connectivity index (χ3n) is 3.66. The van der Waals surface area contributed by atoms with E-state index < -0.39 is 5.91 Å². The summed E-state index contributed by atoms with van der Waals surface area (Å²) >= 11 is 0. The number of hydrogen-bond donors (Lipinski definition) is 1. The van der Waals surface area contributed by atoms with Gasteiger partial charge in [0.15, 0.2) is 0 Å². The van der Waals surface area contributed by atoms with Gasteiger partial charge >= 0.3 is 0 Å². The van der Waals surface area contributed by atoms with Crippen molar-refractivity contribution in [2.24, 2.45) is 0 Å². The molecule has 0 amide bonds. The van der Waals surface area contributed by atoms with E-state index in [0.717, 1.165) is 12.8 Å². The Morgan fingerprint density at radius 3 is 1.90 bits per heavy atom. The van der Waals surface area contributed by atoms with Crippen molar-refractivity contribution < 1.29 is 19.4 Å². The lowest BCUT2D eigenvalue weighted by atomic mass is 9.93. The van der Waals surface area contributed by atoms with E-state index in [-0.39, 0.29) is 18.4 Å². The second kappa shape index (κ2) is 8.26. The van der Waals surface area contributed by atoms with Crippen LogP contribution in [0.1, 0.15) is 40.5 Å². The van der Waals surface area contributed by atoms with E-state index in [2.05, 4.69) is 6.92 Å². The van der Waals surface area contributed by atoms with Crippen LogP contribution in [0.2, 0.25) is 0 Å². The van der Waals surface area contributed by atoms with Gasteiger partial charge in [0, 0.05) is 40.8 Å². The van der Waals surface area contributed by atoms with Gasteiger partial charge in [-0.2, -0.15) is 5.06 Å². The van der Waals surface area contributed by atoms with Crippen molar-refractivity contribution in [2.45, 2.75) is 58.1 Å². The quantitative estimate of drug-likeness (QED) is 0.488. The van der Waals surface area contributed by atoms with Crippen molar-refractivity contribution >= 4 is 0 Å². The number of aliphatic hydroxyl groups is 1. The summed E-state index contributed by atoms with van der Waals surface area (Å²) in [4.78, 5) is 7.53. The van der Waals surface area contributed by atoms with Crippen molar-refractivity contribution in [2.75, 3.05) is 35.0 Å². The molecule has 0 bridgehead atoms. The molecule has 0 heterocycles. The van der Waals surface area contributed by atoms with Crippen molar-refractivity contribution in [1.29, 1.82) is 0 Å². The second-order valence-corrected chi connectivity index (χ2v) is 5.84. The molecule has 1 atom stereocenters. The van der Waals surface area contributed by atoms with Crippen molar-refractivity contribution in [3.8, 4) is 0 Å². The molecule has 0 saturated carbocycles. The first-order chi connectivity index (χ1) is 9.16. The summed E-state index contributed by atoms with van der Waals surface area (Å²) in [5.74, 6) is -0.978. The SMILES string of the molecule is CCC(CC(C)(C)N(CO)C(C)(OC)OC)ON(C)C. The van der Waals surface area contributed by atoms with Gasteiger partial charge in [-0.05, 0) is 26.7 Å². The Morgan fingerprint density at radius 1 is 1.10 bits per heavy atom. The maximum atomic E-state index is 9.74. The number of aliphatic hydroxyl groups excluding tert-OH is 1. The average molecular weight is 292 g/mol. The molecule has 6 nitrogen and oxygen atoms in total. The molecule has 20 heavy (non-hydrogen) atoms. The summed E-state index contributed by atoms with van der Waals surface area (Å²) in [6.45, 7) is 7.80. The number of ether oxygens (including phenoxy) is 2. The highest BCUT2D eigenvalue weighted by Crippen LogP contribution is 2.31. The van der Waals surface area contributed by atoms with E-state index in [1.54, 1.807) is 31.1 Å². The highest BCUT2D eigenvalue weighted by molar-refractivity contribution is 4.86. The standard InChI is InChI=1S/C14H32N2O4/c1-9-12(20-15(5)6)10-13(2,3)16(11-17)14(4,18-7)19-8/h12,17H,9-11H2,1-8H3. The first kappa shape index (κ1) is 19.8. The summed E-state index contributed by atoms with van der Waals surface area (Å²) in [5.41, 5.74) is -0.355. The highest BCUT2D eigenvalue weighted by atomic mass is 16.7. The van der Waals surface area contributed by atoms with Crippen LogP contribution in [0, 0.1) is 0 Å². The molecule has 0 aliphatic rings. The van der Waals surface area contributed by atoms with E-state index in [4.69, 9.17) is 14.3 Å². The van der Waals surface area contributed by atoms with Crippen LogP contribution < -0.4 is 0 Å². The number of nitrogens with zero attached hydrogens (tertiary/aromatic N) is 2. The molecule has 0 rings (SSSR count). The van der Waals surface area contributed by atoms with Gasteiger partial charge in [-0.15, -0.1) is 0 Å². The molecular weight excluding hydrogens is 260 g/mol.